The number of hydrogen-bond donors (Lipinski definition) is 3. The minimum atomic E-state index is -0.747. The average Bonchev–Trinajstić information content (AvgIpc) is 1.54. The number of hydrogen-bond acceptors (Lipinski definition) is 3. The van der Waals surface area contributed by atoms with Gasteiger partial charge in [0.15, 0.2) is 0 Å². The standard InChI is InChI=1S/C86H97N5O/c1-18-68-60(12)78-76(65-43-35-57(9)36-44-65)80-62(14)70(20-3)82(90-80)71-51-73(86(21-4)63(15)81(91-83(71)86)77(66-45-37-58(10)38-46-66)79-61(13)69(19-2)75(89-79)52-74(68)88-78)84(92)87-67-47-41-64(42-48-67)40-34-55(7)31-24-29-53(5)27-22-23-28-54(6)30-25-32-56(8)39-49-72-59(11)33-26-50-85(72,16)17/h22-25,27-32,34-49,51-52,63,89-90H,18-21,26,33,50H2,1-17H3,(H,87,92)/b23-22+,29-24+,30-25+,40-34+,49-39+,53-27+,54-28+,55-31+,56-32+,74-52?,75-52?,78-76?,79-77?,80-76?,81-77?,82-71?. The Morgan fingerprint density at radius 3 is 1.76 bits per heavy atom. The number of aromatic nitrogens is 4. The highest BCUT2D eigenvalue weighted by atomic mass is 16.1. The number of allylic oxidation sites excluding steroid dienone is 21. The van der Waals surface area contributed by atoms with Crippen molar-refractivity contribution >= 4 is 57.0 Å². The number of carbonyl (C=O) groups excluding carboxylic acids is 1. The van der Waals surface area contributed by atoms with Gasteiger partial charge in [0.05, 0.1) is 44.7 Å². The first-order valence-corrected chi connectivity index (χ1v) is 33.7. The Bertz CT molecular complexity index is 4440. The number of fused-ring (bicyclic) bond motifs is 8. The summed E-state index contributed by atoms with van der Waals surface area (Å²) in [6, 6.07) is 28.2. The number of anilines is 1. The van der Waals surface area contributed by atoms with Crippen LogP contribution in [-0.4, -0.2) is 25.8 Å². The van der Waals surface area contributed by atoms with Crippen LogP contribution < -0.4 is 5.32 Å². The molecule has 3 N–H and O–H groups in total. The number of carbonyl (C=O) groups is 1. The molecule has 2 aliphatic heterocycles. The highest BCUT2D eigenvalue weighted by Crippen LogP contribution is 2.58. The zero-order valence-electron chi connectivity index (χ0n) is 58.0. The molecule has 5 heterocycles. The summed E-state index contributed by atoms with van der Waals surface area (Å²) in [7, 11) is 0. The predicted octanol–water partition coefficient (Wildman–Crippen LogP) is 23.4. The summed E-state index contributed by atoms with van der Waals surface area (Å²) in [5.74, 6) is -0.303. The number of H-pyrrole nitrogens is 2. The van der Waals surface area contributed by atoms with Gasteiger partial charge in [0, 0.05) is 39.4 Å². The van der Waals surface area contributed by atoms with E-state index in [1.54, 1.807) is 0 Å². The van der Waals surface area contributed by atoms with Crippen LogP contribution in [0.5, 0.6) is 0 Å². The molecule has 1 amide bonds. The molecule has 0 saturated carbocycles. The molecule has 3 aromatic carbocycles. The minimum absolute atomic E-state index is 0.123. The van der Waals surface area contributed by atoms with E-state index in [9.17, 15) is 0 Å². The van der Waals surface area contributed by atoms with Gasteiger partial charge < -0.3 is 15.3 Å². The van der Waals surface area contributed by atoms with Gasteiger partial charge in [-0.15, -0.1) is 0 Å². The van der Waals surface area contributed by atoms with Crippen molar-refractivity contribution in [1.29, 1.82) is 0 Å². The van der Waals surface area contributed by atoms with Crippen LogP contribution in [0.2, 0.25) is 0 Å². The highest BCUT2D eigenvalue weighted by molar-refractivity contribution is 6.12. The van der Waals surface area contributed by atoms with Gasteiger partial charge in [-0.25, -0.2) is 4.98 Å². The molecule has 6 heteroatoms. The fourth-order valence-corrected chi connectivity index (χ4v) is 14.7. The molecule has 472 valence electrons. The first kappa shape index (κ1) is 66.1. The second-order valence-corrected chi connectivity index (χ2v) is 26.9. The lowest BCUT2D eigenvalue weighted by atomic mass is 9.68. The van der Waals surface area contributed by atoms with Crippen LogP contribution in [0.25, 0.3) is 67.6 Å². The Morgan fingerprint density at radius 2 is 1.18 bits per heavy atom. The Kier molecular flexibility index (Phi) is 20.1. The van der Waals surface area contributed by atoms with E-state index in [-0.39, 0.29) is 17.2 Å². The van der Waals surface area contributed by atoms with E-state index in [0.29, 0.717) is 6.42 Å². The van der Waals surface area contributed by atoms with Crippen molar-refractivity contribution in [3.8, 4) is 22.3 Å². The average molecular weight is 1220 g/mol. The van der Waals surface area contributed by atoms with Crippen molar-refractivity contribution in [2.24, 2.45) is 5.41 Å². The summed E-state index contributed by atoms with van der Waals surface area (Å²) in [4.78, 5) is 35.3. The van der Waals surface area contributed by atoms with Crippen LogP contribution >= 0.6 is 0 Å². The lowest BCUT2D eigenvalue weighted by molar-refractivity contribution is -0.113. The van der Waals surface area contributed by atoms with Gasteiger partial charge >= 0.3 is 0 Å². The third-order valence-corrected chi connectivity index (χ3v) is 20.1. The van der Waals surface area contributed by atoms with E-state index in [0.717, 1.165) is 120 Å². The number of nitrogens with zero attached hydrogens (tertiary/aromatic N) is 2. The first-order chi connectivity index (χ1) is 44.1. The van der Waals surface area contributed by atoms with Crippen molar-refractivity contribution in [2.45, 2.75) is 174 Å². The molecule has 6 nitrogen and oxygen atoms in total. The summed E-state index contributed by atoms with van der Waals surface area (Å²) in [6.45, 7) is 37.9. The van der Waals surface area contributed by atoms with Crippen LogP contribution in [-0.2, 0) is 23.1 Å². The maximum absolute atomic E-state index is 15.6. The molecule has 6 aromatic rings. The number of rotatable bonds is 18. The molecular weight excluding hydrogens is 1120 g/mol. The summed E-state index contributed by atoms with van der Waals surface area (Å²) in [5.41, 5.74) is 32.8. The Balaban J connectivity index is 0.958. The molecule has 0 radical (unpaired) electrons. The summed E-state index contributed by atoms with van der Waals surface area (Å²) >= 11 is 0. The van der Waals surface area contributed by atoms with E-state index >= 15 is 4.79 Å². The van der Waals surface area contributed by atoms with Crippen LogP contribution in [0.4, 0.5) is 5.69 Å². The van der Waals surface area contributed by atoms with Crippen molar-refractivity contribution < 1.29 is 4.79 Å². The largest absolute Gasteiger partial charge is 0.354 e. The smallest absolute Gasteiger partial charge is 0.252 e. The van der Waals surface area contributed by atoms with E-state index < -0.39 is 5.41 Å². The van der Waals surface area contributed by atoms with E-state index in [1.165, 1.54) is 86.1 Å². The third-order valence-electron chi connectivity index (χ3n) is 20.1. The lowest BCUT2D eigenvalue weighted by Gasteiger charge is -2.32. The monoisotopic (exact) mass is 1220 g/mol. The molecule has 0 spiro atoms. The molecule has 10 rings (SSSR count). The summed E-state index contributed by atoms with van der Waals surface area (Å²) < 4.78 is 0. The van der Waals surface area contributed by atoms with E-state index in [2.05, 4.69) is 291 Å². The van der Waals surface area contributed by atoms with Crippen LogP contribution in [0.15, 0.2) is 197 Å². The normalized spacial score (nSPS) is 18.2. The topological polar surface area (TPSA) is 86.5 Å². The quantitative estimate of drug-likeness (QED) is 0.0750. The molecule has 4 aliphatic rings. The van der Waals surface area contributed by atoms with Gasteiger partial charge in [-0.2, -0.15) is 0 Å². The van der Waals surface area contributed by atoms with Gasteiger partial charge in [0.2, 0.25) is 0 Å². The number of benzene rings is 3. The Hall–Kier alpha value is -8.87. The fourth-order valence-electron chi connectivity index (χ4n) is 14.7. The molecule has 2 unspecified atom stereocenters. The van der Waals surface area contributed by atoms with Crippen LogP contribution in [0, 0.1) is 33.1 Å². The van der Waals surface area contributed by atoms with E-state index in [4.69, 9.17) is 9.97 Å². The van der Waals surface area contributed by atoms with Crippen molar-refractivity contribution in [2.75, 3.05) is 5.32 Å². The zero-order chi connectivity index (χ0) is 65.8. The summed E-state index contributed by atoms with van der Waals surface area (Å²) in [5, 5.41) is 3.41. The number of nitrogens with one attached hydrogen (secondary N) is 3. The predicted molar refractivity (Wildman–Crippen MR) is 397 cm³/mol. The third kappa shape index (κ3) is 13.3. The van der Waals surface area contributed by atoms with Crippen molar-refractivity contribution in [3.05, 3.63) is 264 Å². The van der Waals surface area contributed by atoms with Crippen molar-refractivity contribution in [1.82, 2.24) is 19.9 Å². The SMILES string of the molecule is CCC1=C(C)c2nc1cc1[nH]c(c(C)c1CC)c(-c1ccc(C)cc1)c1nc3c(c4[nH]c(c(C)c4CC)c2-c2ccc(C)cc2)C=C(C(=O)Nc2ccc(/C=C/C(C)=C/C=C/C(C)=C/C=C/C=C(C)/C=C/C=C(C)/C=C/C4=C(C)CCCC4(C)C)cc2)C3(CC)C1C. The first-order valence-electron chi connectivity index (χ1n) is 33.7. The number of amides is 1. The van der Waals surface area contributed by atoms with Crippen LogP contribution in [0.1, 0.15) is 195 Å². The van der Waals surface area contributed by atoms with Gasteiger partial charge in [0.25, 0.3) is 5.91 Å². The van der Waals surface area contributed by atoms with Gasteiger partial charge in [-0.1, -0.05) is 233 Å². The molecule has 0 fully saturated rings. The molecular formula is C86H97N5O. The molecule has 2 atom stereocenters. The van der Waals surface area contributed by atoms with Gasteiger partial charge in [0.1, 0.15) is 0 Å². The van der Waals surface area contributed by atoms with Crippen molar-refractivity contribution in [3.63, 3.8) is 0 Å². The molecule has 2 aliphatic carbocycles. The molecule has 0 saturated heterocycles. The second-order valence-electron chi connectivity index (χ2n) is 26.9. The molecule has 3 aromatic heterocycles. The Morgan fingerprint density at radius 1 is 0.630 bits per heavy atom. The minimum Gasteiger partial charge on any atom is -0.354 e. The van der Waals surface area contributed by atoms with Crippen LogP contribution in [0.3, 0.4) is 0 Å². The lowest BCUT2D eigenvalue weighted by Crippen LogP contribution is -2.34. The highest BCUT2D eigenvalue weighted by Gasteiger charge is 2.54. The van der Waals surface area contributed by atoms with Gasteiger partial charge in [-0.05, 0) is 200 Å². The fraction of sp³-hybridized carbons (Fsp3) is 0.314. The molecule has 92 heavy (non-hydrogen) atoms. The maximum Gasteiger partial charge on any atom is 0.252 e. The van der Waals surface area contributed by atoms with Gasteiger partial charge in [-0.3, -0.25) is 9.78 Å². The Labute approximate surface area is 549 Å². The summed E-state index contributed by atoms with van der Waals surface area (Å²) in [6.07, 6.45) is 39.2. The maximum atomic E-state index is 15.6. The number of aryl methyl sites for hydroxylation is 6. The number of aromatic amines is 2. The zero-order valence-corrected chi connectivity index (χ0v) is 58.0. The van der Waals surface area contributed by atoms with E-state index in [1.807, 2.05) is 12.1 Å². The molecule has 8 bridgehead atoms. The second kappa shape index (κ2) is 27.9.